The monoisotopic (exact) mass is 458 g/mol. The Kier molecular flexibility index (Phi) is 6.31. The van der Waals surface area contributed by atoms with E-state index in [1.165, 1.54) is 33.5 Å². The molecule has 8 heteroatoms. The molecule has 0 aliphatic heterocycles. The van der Waals surface area contributed by atoms with Gasteiger partial charge in [-0.25, -0.2) is 4.79 Å². The lowest BCUT2D eigenvalue weighted by Gasteiger charge is -2.14. The summed E-state index contributed by atoms with van der Waals surface area (Å²) in [4.78, 5) is 42.2. The second kappa shape index (κ2) is 9.50. The zero-order valence-corrected chi connectivity index (χ0v) is 18.8. The molecule has 1 amide bonds. The van der Waals surface area contributed by atoms with Gasteiger partial charge in [-0.05, 0) is 11.6 Å². The molecule has 4 aromatic rings. The van der Waals surface area contributed by atoms with Gasteiger partial charge >= 0.3 is 5.97 Å². The van der Waals surface area contributed by atoms with Crippen molar-refractivity contribution in [1.29, 1.82) is 0 Å². The molecule has 3 aromatic carbocycles. The predicted octanol–water partition coefficient (Wildman–Crippen LogP) is 4.46. The maximum Gasteiger partial charge on any atom is 0.340 e. The number of para-hydroxylation sites is 1. The lowest BCUT2D eigenvalue weighted by Crippen LogP contribution is -2.24. The third-order valence-corrected chi connectivity index (χ3v) is 5.38. The summed E-state index contributed by atoms with van der Waals surface area (Å²) < 4.78 is 15.3. The van der Waals surface area contributed by atoms with Gasteiger partial charge in [0.1, 0.15) is 0 Å². The van der Waals surface area contributed by atoms with E-state index in [4.69, 9.17) is 14.2 Å². The maximum absolute atomic E-state index is 13.4. The van der Waals surface area contributed by atoms with Crippen LogP contribution in [0.1, 0.15) is 20.7 Å². The first kappa shape index (κ1) is 22.6. The van der Waals surface area contributed by atoms with Crippen LogP contribution < -0.4 is 14.8 Å². The first-order chi connectivity index (χ1) is 16.5. The number of Topliss-reactive ketones (excluding diaryl/α,β-unsaturated/α-hetero) is 1. The highest BCUT2D eigenvalue weighted by Crippen LogP contribution is 2.35. The minimum Gasteiger partial charge on any atom is -0.493 e. The molecule has 4 rings (SSSR count). The number of ether oxygens (including phenoxy) is 3. The van der Waals surface area contributed by atoms with E-state index in [2.05, 4.69) is 10.3 Å². The van der Waals surface area contributed by atoms with Gasteiger partial charge in [0.2, 0.25) is 0 Å². The number of methoxy groups -OCH3 is 3. The molecule has 0 unspecified atom stereocenters. The van der Waals surface area contributed by atoms with Crippen LogP contribution in [-0.4, -0.2) is 44.0 Å². The molecule has 0 fully saturated rings. The molecular weight excluding hydrogens is 436 g/mol. The third kappa shape index (κ3) is 4.09. The van der Waals surface area contributed by atoms with Gasteiger partial charge in [0.15, 0.2) is 11.5 Å². The predicted molar refractivity (Wildman–Crippen MR) is 128 cm³/mol. The van der Waals surface area contributed by atoms with Crippen LogP contribution in [-0.2, 0) is 9.53 Å². The first-order valence-electron chi connectivity index (χ1n) is 10.3. The van der Waals surface area contributed by atoms with Gasteiger partial charge in [-0.15, -0.1) is 0 Å². The van der Waals surface area contributed by atoms with Gasteiger partial charge in [-0.1, -0.05) is 48.5 Å². The summed E-state index contributed by atoms with van der Waals surface area (Å²) in [5.41, 5.74) is 2.32. The SMILES string of the molecule is COC(=O)c1cc(OC)c(OC)cc1NC(=O)C(=O)c1c(-c2ccccc2)[nH]c2ccccc12. The second-order valence-electron chi connectivity index (χ2n) is 7.31. The maximum atomic E-state index is 13.4. The fraction of sp³-hybridized carbons (Fsp3) is 0.115. The third-order valence-electron chi connectivity index (χ3n) is 5.38. The van der Waals surface area contributed by atoms with Crippen LogP contribution in [0.25, 0.3) is 22.2 Å². The molecule has 0 saturated heterocycles. The van der Waals surface area contributed by atoms with Gasteiger partial charge in [0.25, 0.3) is 11.7 Å². The number of H-pyrrole nitrogens is 1. The molecule has 1 heterocycles. The second-order valence-corrected chi connectivity index (χ2v) is 7.31. The van der Waals surface area contributed by atoms with Crippen LogP contribution >= 0.6 is 0 Å². The lowest BCUT2D eigenvalue weighted by molar-refractivity contribution is -0.112. The molecule has 8 nitrogen and oxygen atoms in total. The number of benzene rings is 3. The highest BCUT2D eigenvalue weighted by Gasteiger charge is 2.27. The Morgan fingerprint density at radius 1 is 0.824 bits per heavy atom. The number of fused-ring (bicyclic) bond motifs is 1. The van der Waals surface area contributed by atoms with E-state index in [0.29, 0.717) is 11.1 Å². The molecule has 34 heavy (non-hydrogen) atoms. The van der Waals surface area contributed by atoms with Crippen LogP contribution in [0.3, 0.4) is 0 Å². The minimum absolute atomic E-state index is 0.0171. The van der Waals surface area contributed by atoms with E-state index in [1.807, 2.05) is 42.5 Å². The number of hydrogen-bond donors (Lipinski definition) is 2. The normalized spacial score (nSPS) is 10.6. The summed E-state index contributed by atoms with van der Waals surface area (Å²) in [6.07, 6.45) is 0. The van der Waals surface area contributed by atoms with Crippen LogP contribution in [0, 0.1) is 0 Å². The number of carbonyl (C=O) groups is 3. The topological polar surface area (TPSA) is 107 Å². The number of hydrogen-bond acceptors (Lipinski definition) is 6. The van der Waals surface area contributed by atoms with Gasteiger partial charge in [-0.2, -0.15) is 0 Å². The van der Waals surface area contributed by atoms with Crippen molar-refractivity contribution >= 4 is 34.3 Å². The average molecular weight is 458 g/mol. The van der Waals surface area contributed by atoms with Gasteiger partial charge < -0.3 is 24.5 Å². The fourth-order valence-corrected chi connectivity index (χ4v) is 3.75. The Hall–Kier alpha value is -4.59. The number of esters is 1. The van der Waals surface area contributed by atoms with Gasteiger partial charge in [0, 0.05) is 23.0 Å². The molecule has 172 valence electrons. The van der Waals surface area contributed by atoms with E-state index in [1.54, 1.807) is 12.1 Å². The van der Waals surface area contributed by atoms with Crippen molar-refractivity contribution in [2.75, 3.05) is 26.6 Å². The van der Waals surface area contributed by atoms with Crippen LogP contribution in [0.5, 0.6) is 11.5 Å². The van der Waals surface area contributed by atoms with Crippen molar-refractivity contribution in [3.05, 3.63) is 77.9 Å². The number of nitrogens with one attached hydrogen (secondary N) is 2. The minimum atomic E-state index is -0.917. The average Bonchev–Trinajstić information content (AvgIpc) is 3.27. The summed E-state index contributed by atoms with van der Waals surface area (Å²) >= 11 is 0. The highest BCUT2D eigenvalue weighted by atomic mass is 16.5. The van der Waals surface area contributed by atoms with Crippen molar-refractivity contribution in [3.63, 3.8) is 0 Å². The molecule has 0 saturated carbocycles. The Bertz CT molecular complexity index is 1390. The highest BCUT2D eigenvalue weighted by molar-refractivity contribution is 6.49. The largest absolute Gasteiger partial charge is 0.493 e. The zero-order chi connectivity index (χ0) is 24.2. The summed E-state index contributed by atoms with van der Waals surface area (Å²) in [7, 11) is 4.06. The molecule has 2 N–H and O–H groups in total. The fourth-order valence-electron chi connectivity index (χ4n) is 3.75. The first-order valence-corrected chi connectivity index (χ1v) is 10.3. The van der Waals surface area contributed by atoms with Crippen molar-refractivity contribution < 1.29 is 28.6 Å². The molecular formula is C26H22N2O6. The summed E-state index contributed by atoms with van der Waals surface area (Å²) in [5.74, 6) is -1.84. The van der Waals surface area contributed by atoms with Crippen molar-refractivity contribution in [3.8, 4) is 22.8 Å². The number of aromatic nitrogens is 1. The lowest BCUT2D eigenvalue weighted by atomic mass is 10.0. The molecule has 0 spiro atoms. The number of amides is 1. The standard InChI is InChI=1S/C26H22N2O6/c1-32-20-13-17(26(31)34-3)19(14-21(20)33-2)28-25(30)24(29)22-16-11-7-8-12-18(16)27-23(22)15-9-5-4-6-10-15/h4-14,27H,1-3H3,(H,28,30). The number of rotatable bonds is 7. The molecule has 0 aliphatic rings. The van der Waals surface area contributed by atoms with Crippen molar-refractivity contribution in [2.24, 2.45) is 0 Å². The zero-order valence-electron chi connectivity index (χ0n) is 18.8. The van der Waals surface area contributed by atoms with Gasteiger partial charge in [-0.3, -0.25) is 9.59 Å². The Labute approximate surface area is 195 Å². The van der Waals surface area contributed by atoms with E-state index < -0.39 is 17.7 Å². The van der Waals surface area contributed by atoms with Crippen molar-refractivity contribution in [2.45, 2.75) is 0 Å². The smallest absolute Gasteiger partial charge is 0.340 e. The van der Waals surface area contributed by atoms with Crippen molar-refractivity contribution in [1.82, 2.24) is 4.98 Å². The molecule has 1 aromatic heterocycles. The molecule has 0 bridgehead atoms. The molecule has 0 radical (unpaired) electrons. The Morgan fingerprint density at radius 2 is 1.47 bits per heavy atom. The molecule has 0 aliphatic carbocycles. The van der Waals surface area contributed by atoms with E-state index in [9.17, 15) is 14.4 Å². The Morgan fingerprint density at radius 3 is 2.15 bits per heavy atom. The van der Waals surface area contributed by atoms with Crippen LogP contribution in [0.15, 0.2) is 66.7 Å². The summed E-state index contributed by atoms with van der Waals surface area (Å²) in [6.45, 7) is 0. The summed E-state index contributed by atoms with van der Waals surface area (Å²) in [6, 6.07) is 19.3. The number of ketones is 1. The van der Waals surface area contributed by atoms with E-state index in [0.717, 1.165) is 11.1 Å². The van der Waals surface area contributed by atoms with Crippen LogP contribution in [0.2, 0.25) is 0 Å². The number of aromatic amines is 1. The quantitative estimate of drug-likeness (QED) is 0.241. The molecule has 0 atom stereocenters. The van der Waals surface area contributed by atoms with E-state index >= 15 is 0 Å². The van der Waals surface area contributed by atoms with Crippen LogP contribution in [0.4, 0.5) is 5.69 Å². The van der Waals surface area contributed by atoms with E-state index in [-0.39, 0.29) is 28.3 Å². The van der Waals surface area contributed by atoms with Gasteiger partial charge in [0.05, 0.1) is 43.8 Å². The number of anilines is 1. The Balaban J connectivity index is 1.78. The summed E-state index contributed by atoms with van der Waals surface area (Å²) in [5, 5.41) is 3.16. The number of carbonyl (C=O) groups excluding carboxylic acids is 3.